The first-order valence-corrected chi connectivity index (χ1v) is 8.33. The predicted molar refractivity (Wildman–Crippen MR) is 81.3 cm³/mol. The van der Waals surface area contributed by atoms with Crippen LogP contribution in [0, 0.1) is 5.82 Å². The first-order valence-electron chi connectivity index (χ1n) is 5.56. The van der Waals surface area contributed by atoms with Gasteiger partial charge in [0.05, 0.1) is 17.0 Å². The molecule has 0 aliphatic heterocycles. The second-order valence-corrected chi connectivity index (χ2v) is 6.99. The average molecular weight is 347 g/mol. The van der Waals surface area contributed by atoms with Crippen molar-refractivity contribution >= 4 is 38.6 Å². The molecule has 0 radical (unpaired) electrons. The van der Waals surface area contributed by atoms with E-state index < -0.39 is 15.8 Å². The number of H-pyrrole nitrogens is 1. The molecule has 0 saturated carbocycles. The van der Waals surface area contributed by atoms with Crippen molar-refractivity contribution in [2.45, 2.75) is 11.4 Å². The van der Waals surface area contributed by atoms with Gasteiger partial charge in [-0.05, 0) is 12.1 Å². The Morgan fingerprint density at radius 1 is 1.48 bits per heavy atom. The normalized spacial score (nSPS) is 11.5. The molecule has 2 aromatic rings. The molecule has 1 aromatic carbocycles. The van der Waals surface area contributed by atoms with Crippen LogP contribution in [-0.4, -0.2) is 18.4 Å². The van der Waals surface area contributed by atoms with Gasteiger partial charge in [-0.15, -0.1) is 0 Å². The van der Waals surface area contributed by atoms with Crippen LogP contribution in [0.25, 0.3) is 0 Å². The van der Waals surface area contributed by atoms with Gasteiger partial charge in [0, 0.05) is 11.1 Å². The molecule has 6 nitrogen and oxygen atoms in total. The molecule has 0 aliphatic carbocycles. The molecule has 2 rings (SSSR count). The monoisotopic (exact) mass is 347 g/mol. The number of sulfonamides is 1. The zero-order valence-electron chi connectivity index (χ0n) is 10.4. The highest BCUT2D eigenvalue weighted by molar-refractivity contribution is 7.89. The lowest BCUT2D eigenvalue weighted by molar-refractivity contribution is 0.576. The van der Waals surface area contributed by atoms with Crippen molar-refractivity contribution in [1.29, 1.82) is 0 Å². The van der Waals surface area contributed by atoms with Crippen molar-refractivity contribution in [3.05, 3.63) is 50.3 Å². The van der Waals surface area contributed by atoms with E-state index >= 15 is 0 Å². The number of nitrogens with one attached hydrogen (secondary N) is 2. The lowest BCUT2D eigenvalue weighted by atomic mass is 10.2. The van der Waals surface area contributed by atoms with E-state index in [1.807, 2.05) is 0 Å². The highest BCUT2D eigenvalue weighted by Gasteiger charge is 2.22. The molecule has 1 heterocycles. The Kier molecular flexibility index (Phi) is 4.52. The number of halogens is 1. The minimum atomic E-state index is -4.02. The van der Waals surface area contributed by atoms with E-state index in [0.29, 0.717) is 5.69 Å². The molecule has 1 aromatic heterocycles. The maximum atomic E-state index is 13.7. The molecule has 4 N–H and O–H groups in total. The molecule has 112 valence electrons. The topological polar surface area (TPSA) is 105 Å². The predicted octanol–water partition coefficient (Wildman–Crippen LogP) is 0.688. The van der Waals surface area contributed by atoms with E-state index in [2.05, 4.69) is 21.9 Å². The quantitative estimate of drug-likeness (QED) is 0.690. The fraction of sp³-hybridized carbons (Fsp3) is 0.0909. The molecule has 21 heavy (non-hydrogen) atoms. The van der Waals surface area contributed by atoms with Crippen molar-refractivity contribution in [1.82, 2.24) is 9.71 Å². The Bertz CT molecular complexity index is 842. The summed E-state index contributed by atoms with van der Waals surface area (Å²) in [4.78, 5) is 12.5. The Morgan fingerprint density at radius 3 is 2.76 bits per heavy atom. The number of nitrogens with two attached hydrogens (primary N) is 1. The Labute approximate surface area is 128 Å². The number of aromatic amines is 1. The molecule has 0 saturated heterocycles. The molecule has 0 amide bonds. The Hall–Kier alpha value is -1.62. The molecule has 0 atom stereocenters. The minimum Gasteiger partial charge on any atom is -0.389 e. The molecule has 0 bridgehead atoms. The van der Waals surface area contributed by atoms with Crippen molar-refractivity contribution in [3.8, 4) is 0 Å². The number of thiocarbonyl (C=S) groups is 1. The summed E-state index contributed by atoms with van der Waals surface area (Å²) in [5.74, 6) is -0.811. The Morgan fingerprint density at radius 2 is 2.19 bits per heavy atom. The summed E-state index contributed by atoms with van der Waals surface area (Å²) in [6.45, 7) is -0.131. The highest BCUT2D eigenvalue weighted by Crippen LogP contribution is 2.19. The molecular formula is C11H10FN3O3S3. The van der Waals surface area contributed by atoms with Gasteiger partial charge in [-0.3, -0.25) is 4.79 Å². The van der Waals surface area contributed by atoms with Crippen LogP contribution in [0.3, 0.4) is 0 Å². The third-order valence-electron chi connectivity index (χ3n) is 2.53. The van der Waals surface area contributed by atoms with Gasteiger partial charge in [-0.1, -0.05) is 29.6 Å². The van der Waals surface area contributed by atoms with Gasteiger partial charge >= 0.3 is 4.87 Å². The van der Waals surface area contributed by atoms with Gasteiger partial charge in [0.1, 0.15) is 10.8 Å². The first kappa shape index (κ1) is 15.8. The smallest absolute Gasteiger partial charge is 0.304 e. The summed E-state index contributed by atoms with van der Waals surface area (Å²) >= 11 is 5.60. The summed E-state index contributed by atoms with van der Waals surface area (Å²) in [7, 11) is -4.02. The van der Waals surface area contributed by atoms with Crippen LogP contribution in [0.5, 0.6) is 0 Å². The zero-order chi connectivity index (χ0) is 15.6. The van der Waals surface area contributed by atoms with Crippen LogP contribution in [0.4, 0.5) is 4.39 Å². The zero-order valence-corrected chi connectivity index (χ0v) is 12.9. The van der Waals surface area contributed by atoms with Crippen LogP contribution >= 0.6 is 23.6 Å². The van der Waals surface area contributed by atoms with Gasteiger partial charge in [0.2, 0.25) is 10.0 Å². The Balaban J connectivity index is 2.34. The summed E-state index contributed by atoms with van der Waals surface area (Å²) in [5, 5.41) is 1.49. The second-order valence-electron chi connectivity index (χ2n) is 3.98. The van der Waals surface area contributed by atoms with Gasteiger partial charge in [-0.25, -0.2) is 17.5 Å². The van der Waals surface area contributed by atoms with E-state index in [1.54, 1.807) is 0 Å². The van der Waals surface area contributed by atoms with Crippen LogP contribution in [0.1, 0.15) is 11.3 Å². The van der Waals surface area contributed by atoms with E-state index in [9.17, 15) is 17.6 Å². The number of aromatic nitrogens is 1. The van der Waals surface area contributed by atoms with Crippen LogP contribution in [0.2, 0.25) is 0 Å². The fourth-order valence-electron chi connectivity index (χ4n) is 1.62. The molecule has 0 unspecified atom stereocenters. The largest absolute Gasteiger partial charge is 0.389 e. The molecule has 0 spiro atoms. The van der Waals surface area contributed by atoms with Crippen molar-refractivity contribution in [2.75, 3.05) is 0 Å². The maximum absolute atomic E-state index is 13.7. The van der Waals surface area contributed by atoms with E-state index in [0.717, 1.165) is 17.4 Å². The first-order chi connectivity index (χ1) is 9.81. The number of benzene rings is 1. The standard InChI is InChI=1S/C11H10FN3O3S3/c12-7-2-1-3-8(9(7)10(13)19)21(17,18)14-4-6-5-20-11(16)15-6/h1-3,5,14H,4H2,(H2,13,19)(H,15,16). The minimum absolute atomic E-state index is 0.131. The molecular weight excluding hydrogens is 337 g/mol. The van der Waals surface area contributed by atoms with E-state index in [1.165, 1.54) is 17.5 Å². The van der Waals surface area contributed by atoms with E-state index in [-0.39, 0.29) is 26.9 Å². The second kappa shape index (κ2) is 6.02. The summed E-state index contributed by atoms with van der Waals surface area (Å²) in [6, 6.07) is 3.53. The van der Waals surface area contributed by atoms with Crippen LogP contribution in [-0.2, 0) is 16.6 Å². The fourth-order valence-corrected chi connectivity index (χ4v) is 3.71. The number of hydrogen-bond donors (Lipinski definition) is 3. The average Bonchev–Trinajstić information content (AvgIpc) is 2.82. The van der Waals surface area contributed by atoms with Crippen molar-refractivity contribution < 1.29 is 12.8 Å². The lowest BCUT2D eigenvalue weighted by Gasteiger charge is -2.10. The number of rotatable bonds is 5. The summed E-state index contributed by atoms with van der Waals surface area (Å²) < 4.78 is 40.4. The SMILES string of the molecule is NC(=S)c1c(F)cccc1S(=O)(=O)NCc1csc(=O)[nH]1. The summed E-state index contributed by atoms with van der Waals surface area (Å²) in [6.07, 6.45) is 0. The highest BCUT2D eigenvalue weighted by atomic mass is 32.2. The van der Waals surface area contributed by atoms with Crippen molar-refractivity contribution in [3.63, 3.8) is 0 Å². The van der Waals surface area contributed by atoms with Gasteiger partial charge in [-0.2, -0.15) is 0 Å². The third kappa shape index (κ3) is 3.53. The summed E-state index contributed by atoms with van der Waals surface area (Å²) in [5.41, 5.74) is 5.45. The van der Waals surface area contributed by atoms with Gasteiger partial charge in [0.25, 0.3) is 0 Å². The molecule has 0 aliphatic rings. The van der Waals surface area contributed by atoms with Gasteiger partial charge in [0.15, 0.2) is 0 Å². The number of thiazole rings is 1. The van der Waals surface area contributed by atoms with Gasteiger partial charge < -0.3 is 10.7 Å². The van der Waals surface area contributed by atoms with Crippen LogP contribution in [0.15, 0.2) is 33.3 Å². The van der Waals surface area contributed by atoms with E-state index in [4.69, 9.17) is 5.73 Å². The molecule has 0 fully saturated rings. The maximum Gasteiger partial charge on any atom is 0.304 e. The molecule has 10 heteroatoms. The van der Waals surface area contributed by atoms with Crippen molar-refractivity contribution in [2.24, 2.45) is 5.73 Å². The van der Waals surface area contributed by atoms with Crippen LogP contribution < -0.4 is 15.3 Å². The third-order valence-corrected chi connectivity index (χ3v) is 4.90. The number of hydrogen-bond acceptors (Lipinski definition) is 5. The lowest BCUT2D eigenvalue weighted by Crippen LogP contribution is -2.27.